The Labute approximate surface area is 95.2 Å². The van der Waals surface area contributed by atoms with E-state index in [0.717, 1.165) is 4.48 Å². The van der Waals surface area contributed by atoms with E-state index in [9.17, 15) is 0 Å². The molecule has 0 saturated heterocycles. The van der Waals surface area contributed by atoms with Crippen LogP contribution < -0.4 is 0 Å². The number of methoxy groups -OCH3 is 1. The van der Waals surface area contributed by atoms with Gasteiger partial charge in [-0.25, -0.2) is 0 Å². The zero-order valence-corrected chi connectivity index (χ0v) is 11.0. The minimum atomic E-state index is 0.472. The smallest absolute Gasteiger partial charge is 0.115 e. The molecule has 2 nitrogen and oxygen atoms in total. The van der Waals surface area contributed by atoms with Crippen LogP contribution in [0.25, 0.3) is 0 Å². The number of quaternary nitrogens is 1. The minimum Gasteiger partial charge on any atom is -0.375 e. The molecule has 0 radical (unpaired) electrons. The zero-order chi connectivity index (χ0) is 11.3. The predicted molar refractivity (Wildman–Crippen MR) is 64.9 cm³/mol. The van der Waals surface area contributed by atoms with Crippen molar-refractivity contribution in [1.29, 1.82) is 0 Å². The van der Waals surface area contributed by atoms with Crippen molar-refractivity contribution in [2.24, 2.45) is 0 Å². The monoisotopic (exact) mass is 214 g/mol. The van der Waals surface area contributed by atoms with E-state index in [4.69, 9.17) is 4.74 Å². The molecular formula is C13H28NO+. The van der Waals surface area contributed by atoms with E-state index in [2.05, 4.69) is 21.0 Å². The summed E-state index contributed by atoms with van der Waals surface area (Å²) in [5.41, 5.74) is 0. The van der Waals surface area contributed by atoms with E-state index >= 15 is 0 Å². The van der Waals surface area contributed by atoms with Gasteiger partial charge in [-0.05, 0) is 19.8 Å². The molecular weight excluding hydrogens is 186 g/mol. The van der Waals surface area contributed by atoms with E-state index in [1.54, 1.807) is 0 Å². The van der Waals surface area contributed by atoms with Crippen LogP contribution >= 0.6 is 0 Å². The minimum absolute atomic E-state index is 0.472. The van der Waals surface area contributed by atoms with Gasteiger partial charge in [0.2, 0.25) is 0 Å². The van der Waals surface area contributed by atoms with E-state index in [1.165, 1.54) is 45.1 Å². The Hall–Kier alpha value is -0.0800. The Morgan fingerprint density at radius 1 is 1.07 bits per heavy atom. The van der Waals surface area contributed by atoms with Gasteiger partial charge in [-0.3, -0.25) is 0 Å². The molecule has 0 amide bonds. The maximum atomic E-state index is 5.71. The molecule has 1 saturated carbocycles. The summed E-state index contributed by atoms with van der Waals surface area (Å²) >= 11 is 0. The summed E-state index contributed by atoms with van der Waals surface area (Å²) in [6.45, 7) is 3.48. The maximum absolute atomic E-state index is 5.71. The molecule has 0 aromatic carbocycles. The second-order valence-electron chi connectivity index (χ2n) is 5.43. The van der Waals surface area contributed by atoms with Crippen molar-refractivity contribution in [2.75, 3.05) is 27.7 Å². The molecule has 2 atom stereocenters. The van der Waals surface area contributed by atoms with Crippen LogP contribution in [0.1, 0.15) is 45.4 Å². The van der Waals surface area contributed by atoms with Gasteiger partial charge in [0.15, 0.2) is 0 Å². The molecule has 0 aromatic heterocycles. The highest BCUT2D eigenvalue weighted by Crippen LogP contribution is 2.26. The first-order chi connectivity index (χ1) is 7.11. The second-order valence-corrected chi connectivity index (χ2v) is 5.43. The van der Waals surface area contributed by atoms with Gasteiger partial charge in [0, 0.05) is 13.5 Å². The van der Waals surface area contributed by atoms with Crippen molar-refractivity contribution in [3.63, 3.8) is 0 Å². The van der Waals surface area contributed by atoms with Crippen molar-refractivity contribution in [3.8, 4) is 0 Å². The van der Waals surface area contributed by atoms with Crippen LogP contribution in [0.5, 0.6) is 0 Å². The maximum Gasteiger partial charge on any atom is 0.115 e. The highest BCUT2D eigenvalue weighted by molar-refractivity contribution is 4.74. The Kier molecular flexibility index (Phi) is 5.07. The van der Waals surface area contributed by atoms with Crippen LogP contribution in [-0.2, 0) is 4.74 Å². The van der Waals surface area contributed by atoms with Gasteiger partial charge in [-0.1, -0.05) is 19.3 Å². The highest BCUT2D eigenvalue weighted by Gasteiger charge is 2.34. The lowest BCUT2D eigenvalue weighted by molar-refractivity contribution is -0.917. The Morgan fingerprint density at radius 2 is 1.67 bits per heavy atom. The fraction of sp³-hybridized carbons (Fsp3) is 1.00. The highest BCUT2D eigenvalue weighted by atomic mass is 16.5. The lowest BCUT2D eigenvalue weighted by Crippen LogP contribution is -2.55. The number of ether oxygens (including phenoxy) is 1. The molecule has 0 aliphatic heterocycles. The van der Waals surface area contributed by atoms with Gasteiger partial charge in [-0.2, -0.15) is 0 Å². The van der Waals surface area contributed by atoms with Crippen molar-refractivity contribution >= 4 is 0 Å². The molecule has 0 N–H and O–H groups in total. The van der Waals surface area contributed by atoms with Gasteiger partial charge >= 0.3 is 0 Å². The molecule has 2 unspecified atom stereocenters. The molecule has 2 heteroatoms. The van der Waals surface area contributed by atoms with Crippen molar-refractivity contribution in [1.82, 2.24) is 0 Å². The van der Waals surface area contributed by atoms with Gasteiger partial charge in [0.05, 0.1) is 20.6 Å². The Morgan fingerprint density at radius 3 is 2.20 bits per heavy atom. The van der Waals surface area contributed by atoms with Crippen molar-refractivity contribution < 1.29 is 9.22 Å². The molecule has 0 bridgehead atoms. The molecule has 15 heavy (non-hydrogen) atoms. The van der Waals surface area contributed by atoms with Crippen LogP contribution in [0, 0.1) is 0 Å². The molecule has 0 aromatic rings. The van der Waals surface area contributed by atoms with Crippen molar-refractivity contribution in [3.05, 3.63) is 0 Å². The summed E-state index contributed by atoms with van der Waals surface area (Å²) < 4.78 is 6.82. The van der Waals surface area contributed by atoms with Gasteiger partial charge in [-0.15, -0.1) is 0 Å². The molecule has 1 aliphatic carbocycles. The number of nitrogens with zero attached hydrogens (tertiary/aromatic N) is 1. The second kappa shape index (κ2) is 5.86. The standard InChI is InChI=1S/C13H28NO/c1-5-14(2,3)12-10-8-6-7-9-11-13(12)15-4/h12-13H,5-11H2,1-4H3/q+1. The third-order valence-corrected chi connectivity index (χ3v) is 4.18. The summed E-state index contributed by atoms with van der Waals surface area (Å²) in [6.07, 6.45) is 8.59. The predicted octanol–water partition coefficient (Wildman–Crippen LogP) is 2.82. The molecule has 1 aliphatic rings. The number of rotatable bonds is 3. The van der Waals surface area contributed by atoms with E-state index in [-0.39, 0.29) is 0 Å². The van der Waals surface area contributed by atoms with Crippen LogP contribution in [-0.4, -0.2) is 44.4 Å². The van der Waals surface area contributed by atoms with E-state index in [1.807, 2.05) is 7.11 Å². The molecule has 1 fully saturated rings. The molecule has 0 spiro atoms. The molecule has 1 rings (SSSR count). The van der Waals surface area contributed by atoms with Crippen LogP contribution in [0.3, 0.4) is 0 Å². The summed E-state index contributed by atoms with van der Waals surface area (Å²) in [4.78, 5) is 0. The average Bonchev–Trinajstić information content (AvgIpc) is 2.17. The van der Waals surface area contributed by atoms with E-state index < -0.39 is 0 Å². The fourth-order valence-corrected chi connectivity index (χ4v) is 2.74. The van der Waals surface area contributed by atoms with E-state index in [0.29, 0.717) is 12.1 Å². The normalized spacial score (nSPS) is 29.6. The van der Waals surface area contributed by atoms with Crippen LogP contribution in [0.15, 0.2) is 0 Å². The van der Waals surface area contributed by atoms with Gasteiger partial charge < -0.3 is 9.22 Å². The Bertz CT molecular complexity index is 179. The van der Waals surface area contributed by atoms with Crippen LogP contribution in [0.4, 0.5) is 0 Å². The summed E-state index contributed by atoms with van der Waals surface area (Å²) in [5, 5.41) is 0. The topological polar surface area (TPSA) is 9.23 Å². The quantitative estimate of drug-likeness (QED) is 0.656. The summed E-state index contributed by atoms with van der Waals surface area (Å²) in [5.74, 6) is 0. The third kappa shape index (κ3) is 3.46. The Balaban J connectivity index is 2.69. The first kappa shape index (κ1) is 13.0. The van der Waals surface area contributed by atoms with Gasteiger partial charge in [0.1, 0.15) is 12.1 Å². The van der Waals surface area contributed by atoms with Crippen LogP contribution in [0.2, 0.25) is 0 Å². The van der Waals surface area contributed by atoms with Gasteiger partial charge in [0.25, 0.3) is 0 Å². The SMILES string of the molecule is CC[N+](C)(C)C1CCCCCCC1OC. The molecule has 90 valence electrons. The lowest BCUT2D eigenvalue weighted by Gasteiger charge is -2.42. The third-order valence-electron chi connectivity index (χ3n) is 4.18. The summed E-state index contributed by atoms with van der Waals surface area (Å²) in [7, 11) is 6.57. The number of hydrogen-bond acceptors (Lipinski definition) is 1. The zero-order valence-electron chi connectivity index (χ0n) is 11.0. The lowest BCUT2D eigenvalue weighted by atomic mass is 9.92. The molecule has 0 heterocycles. The number of hydrogen-bond donors (Lipinski definition) is 0. The first-order valence-corrected chi connectivity index (χ1v) is 6.47. The largest absolute Gasteiger partial charge is 0.375 e. The average molecular weight is 214 g/mol. The number of likely N-dealkylation sites (N-methyl/N-ethyl adjacent to an activating group) is 1. The fourth-order valence-electron chi connectivity index (χ4n) is 2.74. The first-order valence-electron chi connectivity index (χ1n) is 6.47. The van der Waals surface area contributed by atoms with Crippen molar-refractivity contribution in [2.45, 2.75) is 57.6 Å². The summed E-state index contributed by atoms with van der Waals surface area (Å²) in [6, 6.07) is 0.695.